The number of aromatic hydroxyl groups is 1. The molecule has 8 nitrogen and oxygen atoms in total. The van der Waals surface area contributed by atoms with Crippen LogP contribution in [-0.4, -0.2) is 37.2 Å². The second kappa shape index (κ2) is 5.21. The molecule has 1 aromatic rings. The van der Waals surface area contributed by atoms with Crippen LogP contribution in [0.1, 0.15) is 0 Å². The molecule has 7 N–H and O–H groups in total. The van der Waals surface area contributed by atoms with Crippen molar-refractivity contribution in [2.75, 3.05) is 12.3 Å². The van der Waals surface area contributed by atoms with E-state index in [1.807, 2.05) is 4.72 Å². The van der Waals surface area contributed by atoms with E-state index in [9.17, 15) is 13.2 Å². The lowest BCUT2D eigenvalue weighted by molar-refractivity contribution is -0.125. The normalized spacial score (nSPS) is 13.2. The number of phenolic OH excluding ortho intramolecular Hbond substituents is 1. The summed E-state index contributed by atoms with van der Waals surface area (Å²) in [5.74, 6) is -1.28. The summed E-state index contributed by atoms with van der Waals surface area (Å²) >= 11 is 0. The molecular formula is C9H13N3O5S. The highest BCUT2D eigenvalue weighted by Crippen LogP contribution is 2.22. The first-order valence-electron chi connectivity index (χ1n) is 4.79. The third kappa shape index (κ3) is 3.32. The molecule has 0 fully saturated rings. The van der Waals surface area contributed by atoms with Crippen molar-refractivity contribution in [3.63, 3.8) is 0 Å². The van der Waals surface area contributed by atoms with Crippen LogP contribution in [0.15, 0.2) is 23.1 Å². The third-order valence-corrected chi connectivity index (χ3v) is 3.53. The maximum atomic E-state index is 11.7. The minimum absolute atomic E-state index is 0.103. The lowest BCUT2D eigenvalue weighted by atomic mass is 10.3. The van der Waals surface area contributed by atoms with Gasteiger partial charge in [0.1, 0.15) is 11.9 Å². The smallest absolute Gasteiger partial charge is 0.247 e. The van der Waals surface area contributed by atoms with Gasteiger partial charge in [0.15, 0.2) is 0 Å². The Kier molecular flexibility index (Phi) is 4.11. The lowest BCUT2D eigenvalue weighted by Crippen LogP contribution is -2.39. The molecule has 9 heteroatoms. The van der Waals surface area contributed by atoms with Crippen LogP contribution in [-0.2, 0) is 14.8 Å². The van der Waals surface area contributed by atoms with Gasteiger partial charge in [-0.2, -0.15) is 0 Å². The summed E-state index contributed by atoms with van der Waals surface area (Å²) in [6.45, 7) is -0.543. The SMILES string of the molecule is NC(=O)C(O)CNS(=O)(=O)c1ccc(O)c(N)c1. The van der Waals surface area contributed by atoms with Crippen LogP contribution < -0.4 is 16.2 Å². The molecule has 0 aliphatic heterocycles. The zero-order valence-electron chi connectivity index (χ0n) is 9.20. The number of sulfonamides is 1. The summed E-state index contributed by atoms with van der Waals surface area (Å²) in [4.78, 5) is 10.3. The Hall–Kier alpha value is -1.84. The van der Waals surface area contributed by atoms with Crippen molar-refractivity contribution < 1.29 is 23.4 Å². The van der Waals surface area contributed by atoms with Crippen molar-refractivity contribution in [3.8, 4) is 5.75 Å². The number of hydrogen-bond donors (Lipinski definition) is 5. The fraction of sp³-hybridized carbons (Fsp3) is 0.222. The fourth-order valence-electron chi connectivity index (χ4n) is 1.07. The van der Waals surface area contributed by atoms with Gasteiger partial charge >= 0.3 is 0 Å². The number of anilines is 1. The van der Waals surface area contributed by atoms with E-state index in [0.717, 1.165) is 18.2 Å². The predicted molar refractivity (Wildman–Crippen MR) is 62.9 cm³/mol. The summed E-state index contributed by atoms with van der Waals surface area (Å²) in [7, 11) is -3.94. The molecule has 0 bridgehead atoms. The van der Waals surface area contributed by atoms with Crippen LogP contribution in [0.2, 0.25) is 0 Å². The molecule has 1 amide bonds. The van der Waals surface area contributed by atoms with E-state index in [0.29, 0.717) is 0 Å². The van der Waals surface area contributed by atoms with Crippen LogP contribution >= 0.6 is 0 Å². The van der Waals surface area contributed by atoms with Crippen LogP contribution in [0, 0.1) is 0 Å². The number of amides is 1. The van der Waals surface area contributed by atoms with E-state index >= 15 is 0 Å². The number of rotatable bonds is 5. The second-order valence-corrected chi connectivity index (χ2v) is 5.26. The molecule has 1 rings (SSSR count). The molecular weight excluding hydrogens is 262 g/mol. The number of phenols is 1. The summed E-state index contributed by atoms with van der Waals surface area (Å²) in [5, 5.41) is 18.2. The molecule has 0 saturated heterocycles. The van der Waals surface area contributed by atoms with Crippen molar-refractivity contribution in [3.05, 3.63) is 18.2 Å². The molecule has 0 aromatic heterocycles. The van der Waals surface area contributed by atoms with Gasteiger partial charge in [0, 0.05) is 6.54 Å². The Balaban J connectivity index is 2.87. The van der Waals surface area contributed by atoms with Gasteiger partial charge in [-0.05, 0) is 18.2 Å². The first kappa shape index (κ1) is 14.2. The van der Waals surface area contributed by atoms with E-state index in [4.69, 9.17) is 21.7 Å². The standard InChI is InChI=1S/C9H13N3O5S/c10-6-3-5(1-2-7(6)13)18(16,17)12-4-8(14)9(11)15/h1-3,8,12-14H,4,10H2,(H2,11,15). The number of hydrogen-bond acceptors (Lipinski definition) is 6. The van der Waals surface area contributed by atoms with Crippen molar-refractivity contribution >= 4 is 21.6 Å². The maximum absolute atomic E-state index is 11.7. The molecule has 0 aliphatic rings. The number of primary amides is 1. The average Bonchev–Trinajstić information content (AvgIpc) is 2.29. The minimum atomic E-state index is -3.94. The Morgan fingerprint density at radius 2 is 2.06 bits per heavy atom. The van der Waals surface area contributed by atoms with Gasteiger partial charge in [-0.15, -0.1) is 0 Å². The zero-order chi connectivity index (χ0) is 13.9. The zero-order valence-corrected chi connectivity index (χ0v) is 10.0. The van der Waals surface area contributed by atoms with Gasteiger partial charge in [-0.25, -0.2) is 13.1 Å². The maximum Gasteiger partial charge on any atom is 0.247 e. The topological polar surface area (TPSA) is 156 Å². The molecule has 1 aromatic carbocycles. The molecule has 1 atom stereocenters. The first-order valence-corrected chi connectivity index (χ1v) is 6.28. The Labute approximate surface area is 103 Å². The number of benzene rings is 1. The van der Waals surface area contributed by atoms with E-state index in [2.05, 4.69) is 0 Å². The average molecular weight is 275 g/mol. The minimum Gasteiger partial charge on any atom is -0.506 e. The summed E-state index contributed by atoms with van der Waals surface area (Å²) in [6, 6.07) is 3.30. The fourth-order valence-corrected chi connectivity index (χ4v) is 2.15. The number of nitrogen functional groups attached to an aromatic ring is 1. The Bertz CT molecular complexity index is 557. The Morgan fingerprint density at radius 3 is 2.56 bits per heavy atom. The largest absolute Gasteiger partial charge is 0.506 e. The molecule has 0 radical (unpaired) electrons. The summed E-state index contributed by atoms with van der Waals surface area (Å²) in [6.07, 6.45) is -1.62. The number of nitrogens with one attached hydrogen (secondary N) is 1. The van der Waals surface area contributed by atoms with Gasteiger partial charge < -0.3 is 21.7 Å². The third-order valence-electron chi connectivity index (χ3n) is 2.10. The lowest BCUT2D eigenvalue weighted by Gasteiger charge is -2.10. The first-order chi connectivity index (χ1) is 8.24. The van der Waals surface area contributed by atoms with Gasteiger partial charge in [-0.1, -0.05) is 0 Å². The summed E-state index contributed by atoms with van der Waals surface area (Å²) < 4.78 is 25.4. The van der Waals surface area contributed by atoms with Crippen LogP contribution in [0.3, 0.4) is 0 Å². The van der Waals surface area contributed by atoms with Gasteiger partial charge in [0.05, 0.1) is 10.6 Å². The number of carbonyl (C=O) groups is 1. The van der Waals surface area contributed by atoms with E-state index < -0.39 is 28.6 Å². The molecule has 0 saturated carbocycles. The van der Waals surface area contributed by atoms with Crippen LogP contribution in [0.25, 0.3) is 0 Å². The van der Waals surface area contributed by atoms with Crippen molar-refractivity contribution in [1.82, 2.24) is 4.72 Å². The molecule has 0 aliphatic carbocycles. The van der Waals surface area contributed by atoms with Gasteiger partial charge in [0.25, 0.3) is 0 Å². The summed E-state index contributed by atoms with van der Waals surface area (Å²) in [5.41, 5.74) is 10.0. The van der Waals surface area contributed by atoms with Gasteiger partial charge in [0.2, 0.25) is 15.9 Å². The van der Waals surface area contributed by atoms with Crippen molar-refractivity contribution in [2.45, 2.75) is 11.0 Å². The molecule has 100 valence electrons. The number of aliphatic hydroxyl groups excluding tert-OH is 1. The monoisotopic (exact) mass is 275 g/mol. The highest BCUT2D eigenvalue weighted by atomic mass is 32.2. The quantitative estimate of drug-likeness (QED) is 0.312. The number of carbonyl (C=O) groups excluding carboxylic acids is 1. The van der Waals surface area contributed by atoms with E-state index in [-0.39, 0.29) is 16.3 Å². The molecule has 0 spiro atoms. The van der Waals surface area contributed by atoms with Crippen molar-refractivity contribution in [2.24, 2.45) is 5.73 Å². The van der Waals surface area contributed by atoms with Crippen molar-refractivity contribution in [1.29, 1.82) is 0 Å². The Morgan fingerprint density at radius 1 is 1.44 bits per heavy atom. The van der Waals surface area contributed by atoms with Gasteiger partial charge in [-0.3, -0.25) is 4.79 Å². The predicted octanol–water partition coefficient (Wildman–Crippen LogP) is -1.90. The second-order valence-electron chi connectivity index (χ2n) is 3.49. The highest BCUT2D eigenvalue weighted by molar-refractivity contribution is 7.89. The van der Waals surface area contributed by atoms with E-state index in [1.165, 1.54) is 0 Å². The number of aliphatic hydroxyl groups is 1. The van der Waals surface area contributed by atoms with Crippen LogP contribution in [0.4, 0.5) is 5.69 Å². The molecule has 1 unspecified atom stereocenters. The molecule has 0 heterocycles. The van der Waals surface area contributed by atoms with Crippen LogP contribution in [0.5, 0.6) is 5.75 Å². The van der Waals surface area contributed by atoms with E-state index in [1.54, 1.807) is 0 Å². The molecule has 18 heavy (non-hydrogen) atoms. The highest BCUT2D eigenvalue weighted by Gasteiger charge is 2.19. The number of nitrogens with two attached hydrogens (primary N) is 2.